The van der Waals surface area contributed by atoms with Crippen LogP contribution in [-0.2, 0) is 0 Å². The van der Waals surface area contributed by atoms with Gasteiger partial charge in [-0.1, -0.05) is 11.3 Å². The van der Waals surface area contributed by atoms with E-state index in [-0.39, 0.29) is 0 Å². The molecule has 0 aromatic carbocycles. The third-order valence-electron chi connectivity index (χ3n) is 2.39. The van der Waals surface area contributed by atoms with Crippen molar-refractivity contribution >= 4 is 16.5 Å². The van der Waals surface area contributed by atoms with Crippen LogP contribution in [0.2, 0.25) is 0 Å². The molecule has 2 rings (SSSR count). The number of hydrogen-bond donors (Lipinski definition) is 1. The molecular weight excluding hydrogens is 184 g/mol. The number of nitrogens with zero attached hydrogens (tertiary/aromatic N) is 2. The van der Waals surface area contributed by atoms with Crippen LogP contribution in [0.4, 0.5) is 5.13 Å². The Hall–Kier alpha value is -0.770. The van der Waals surface area contributed by atoms with E-state index in [1.807, 2.05) is 6.92 Å². The van der Waals surface area contributed by atoms with E-state index in [9.17, 15) is 5.11 Å². The number of hydrogen-bond acceptors (Lipinski definition) is 4. The van der Waals surface area contributed by atoms with Gasteiger partial charge in [-0.2, -0.15) is 0 Å². The summed E-state index contributed by atoms with van der Waals surface area (Å²) in [5, 5.41) is 10.7. The van der Waals surface area contributed by atoms with Gasteiger partial charge in [0, 0.05) is 13.1 Å². The zero-order chi connectivity index (χ0) is 9.26. The van der Waals surface area contributed by atoms with Crippen LogP contribution in [0.15, 0.2) is 0 Å². The van der Waals surface area contributed by atoms with Gasteiger partial charge in [0.1, 0.15) is 0 Å². The van der Waals surface area contributed by atoms with E-state index in [0.29, 0.717) is 5.06 Å². The molecule has 0 unspecified atom stereocenters. The summed E-state index contributed by atoms with van der Waals surface area (Å²) in [6.07, 6.45) is 3.83. The van der Waals surface area contributed by atoms with Gasteiger partial charge in [-0.15, -0.1) is 0 Å². The number of aromatic nitrogens is 1. The van der Waals surface area contributed by atoms with E-state index in [1.54, 1.807) is 0 Å². The fraction of sp³-hybridized carbons (Fsp3) is 0.667. The van der Waals surface area contributed by atoms with Gasteiger partial charge in [0.2, 0.25) is 0 Å². The van der Waals surface area contributed by atoms with Crippen molar-refractivity contribution in [3.05, 3.63) is 5.69 Å². The lowest BCUT2D eigenvalue weighted by Gasteiger charge is -2.25. The quantitative estimate of drug-likeness (QED) is 0.751. The molecule has 1 aliphatic heterocycles. The average molecular weight is 198 g/mol. The summed E-state index contributed by atoms with van der Waals surface area (Å²) in [4.78, 5) is 6.59. The van der Waals surface area contributed by atoms with Crippen LogP contribution in [0, 0.1) is 6.92 Å². The number of aromatic hydroxyl groups is 1. The number of rotatable bonds is 1. The normalized spacial score (nSPS) is 17.8. The van der Waals surface area contributed by atoms with Crippen LogP contribution < -0.4 is 4.90 Å². The molecule has 1 fully saturated rings. The zero-order valence-corrected chi connectivity index (χ0v) is 8.60. The molecule has 72 valence electrons. The average Bonchev–Trinajstić information content (AvgIpc) is 2.49. The van der Waals surface area contributed by atoms with Crippen molar-refractivity contribution in [1.82, 2.24) is 4.98 Å². The molecule has 4 heteroatoms. The summed E-state index contributed by atoms with van der Waals surface area (Å²) in [5.41, 5.74) is 0.755. The summed E-state index contributed by atoms with van der Waals surface area (Å²) in [6.45, 7) is 4.03. The van der Waals surface area contributed by atoms with E-state index >= 15 is 0 Å². The minimum Gasteiger partial charge on any atom is -0.498 e. The maximum atomic E-state index is 9.40. The Labute approximate surface area is 82.0 Å². The Morgan fingerprint density at radius 2 is 2.00 bits per heavy atom. The molecule has 0 radical (unpaired) electrons. The second-order valence-electron chi connectivity index (χ2n) is 3.43. The second-order valence-corrected chi connectivity index (χ2v) is 4.39. The summed E-state index contributed by atoms with van der Waals surface area (Å²) in [6, 6.07) is 0. The second kappa shape index (κ2) is 3.54. The fourth-order valence-corrected chi connectivity index (χ4v) is 2.46. The van der Waals surface area contributed by atoms with Crippen molar-refractivity contribution in [2.24, 2.45) is 0 Å². The minimum atomic E-state index is 0.362. The molecular formula is C9H14N2OS. The summed E-state index contributed by atoms with van der Waals surface area (Å²) in [7, 11) is 0. The molecule has 2 heterocycles. The van der Waals surface area contributed by atoms with Crippen LogP contribution in [-0.4, -0.2) is 23.2 Å². The van der Waals surface area contributed by atoms with Gasteiger partial charge in [-0.05, 0) is 26.2 Å². The van der Waals surface area contributed by atoms with E-state index in [4.69, 9.17) is 0 Å². The number of anilines is 1. The number of piperidine rings is 1. The lowest BCUT2D eigenvalue weighted by Crippen LogP contribution is -2.29. The predicted octanol–water partition coefficient (Wildman–Crippen LogP) is 2.15. The lowest BCUT2D eigenvalue weighted by molar-refractivity contribution is 0.485. The third-order valence-corrected chi connectivity index (χ3v) is 3.41. The highest BCUT2D eigenvalue weighted by molar-refractivity contribution is 7.17. The molecule has 0 spiro atoms. The Balaban J connectivity index is 2.14. The van der Waals surface area contributed by atoms with Crippen LogP contribution in [0.1, 0.15) is 25.0 Å². The van der Waals surface area contributed by atoms with E-state index in [0.717, 1.165) is 23.9 Å². The molecule has 1 aromatic heterocycles. The molecule has 1 aromatic rings. The Bertz CT molecular complexity index is 272. The monoisotopic (exact) mass is 198 g/mol. The van der Waals surface area contributed by atoms with Crippen LogP contribution >= 0.6 is 11.3 Å². The van der Waals surface area contributed by atoms with Gasteiger partial charge >= 0.3 is 0 Å². The van der Waals surface area contributed by atoms with Gasteiger partial charge in [-0.25, -0.2) is 4.98 Å². The van der Waals surface area contributed by atoms with Crippen molar-refractivity contribution < 1.29 is 5.11 Å². The highest BCUT2D eigenvalue weighted by Gasteiger charge is 2.15. The first-order chi connectivity index (χ1) is 6.27. The molecule has 3 nitrogen and oxygen atoms in total. The summed E-state index contributed by atoms with van der Waals surface area (Å²) in [5.74, 6) is 0. The molecule has 0 saturated carbocycles. The summed E-state index contributed by atoms with van der Waals surface area (Å²) < 4.78 is 0. The van der Waals surface area contributed by atoms with Gasteiger partial charge in [0.25, 0.3) is 0 Å². The van der Waals surface area contributed by atoms with Crippen molar-refractivity contribution in [3.63, 3.8) is 0 Å². The highest BCUT2D eigenvalue weighted by Crippen LogP contribution is 2.32. The largest absolute Gasteiger partial charge is 0.498 e. The maximum absolute atomic E-state index is 9.40. The van der Waals surface area contributed by atoms with E-state index < -0.39 is 0 Å². The van der Waals surface area contributed by atoms with Crippen molar-refractivity contribution in [3.8, 4) is 5.06 Å². The Kier molecular flexibility index (Phi) is 2.40. The van der Waals surface area contributed by atoms with Crippen molar-refractivity contribution in [1.29, 1.82) is 0 Å². The Morgan fingerprint density at radius 3 is 2.54 bits per heavy atom. The molecule has 1 N–H and O–H groups in total. The molecule has 13 heavy (non-hydrogen) atoms. The van der Waals surface area contributed by atoms with Gasteiger partial charge in [0.15, 0.2) is 10.2 Å². The molecule has 1 aliphatic rings. The molecule has 0 bridgehead atoms. The first-order valence-corrected chi connectivity index (χ1v) is 5.50. The van der Waals surface area contributed by atoms with Crippen LogP contribution in [0.5, 0.6) is 5.06 Å². The van der Waals surface area contributed by atoms with Crippen molar-refractivity contribution in [2.45, 2.75) is 26.2 Å². The first kappa shape index (κ1) is 8.81. The van der Waals surface area contributed by atoms with E-state index in [2.05, 4.69) is 9.88 Å². The topological polar surface area (TPSA) is 36.4 Å². The SMILES string of the molecule is Cc1nc(N2CCCCC2)sc1O. The highest BCUT2D eigenvalue weighted by atomic mass is 32.1. The standard InChI is InChI=1S/C9H14N2OS/c1-7-8(12)13-9(10-7)11-5-3-2-4-6-11/h12H,2-6H2,1H3. The first-order valence-electron chi connectivity index (χ1n) is 4.69. The van der Waals surface area contributed by atoms with Gasteiger partial charge < -0.3 is 10.0 Å². The van der Waals surface area contributed by atoms with E-state index in [1.165, 1.54) is 30.6 Å². The number of thiazole rings is 1. The predicted molar refractivity (Wildman–Crippen MR) is 54.6 cm³/mol. The summed E-state index contributed by atoms with van der Waals surface area (Å²) >= 11 is 1.39. The van der Waals surface area contributed by atoms with Crippen LogP contribution in [0.25, 0.3) is 0 Å². The minimum absolute atomic E-state index is 0.362. The molecule has 0 atom stereocenters. The number of aryl methyl sites for hydroxylation is 1. The molecule has 0 amide bonds. The molecule has 1 saturated heterocycles. The lowest BCUT2D eigenvalue weighted by atomic mass is 10.1. The van der Waals surface area contributed by atoms with Gasteiger partial charge in [0.05, 0.1) is 5.69 Å². The van der Waals surface area contributed by atoms with Crippen molar-refractivity contribution in [2.75, 3.05) is 18.0 Å². The Morgan fingerprint density at radius 1 is 1.31 bits per heavy atom. The fourth-order valence-electron chi connectivity index (χ4n) is 1.59. The third kappa shape index (κ3) is 1.77. The maximum Gasteiger partial charge on any atom is 0.196 e. The van der Waals surface area contributed by atoms with Crippen LogP contribution in [0.3, 0.4) is 0 Å². The smallest absolute Gasteiger partial charge is 0.196 e. The zero-order valence-electron chi connectivity index (χ0n) is 7.79. The molecule has 0 aliphatic carbocycles. The van der Waals surface area contributed by atoms with Gasteiger partial charge in [-0.3, -0.25) is 0 Å².